The molecule has 0 amide bonds. The fraction of sp³-hybridized carbons (Fsp3) is 0.538. The molecule has 0 spiro atoms. The van der Waals surface area contributed by atoms with Gasteiger partial charge in [0.25, 0.3) is 0 Å². The molecule has 0 saturated carbocycles. The summed E-state index contributed by atoms with van der Waals surface area (Å²) in [4.78, 5) is 0. The minimum atomic E-state index is 0.0372. The third kappa shape index (κ3) is 1.63. The molecule has 0 aromatic carbocycles. The third-order valence-corrected chi connectivity index (χ3v) is 3.66. The van der Waals surface area contributed by atoms with Gasteiger partial charge < -0.3 is 5.32 Å². The summed E-state index contributed by atoms with van der Waals surface area (Å²) in [5, 5.41) is 12.3. The molecule has 0 aliphatic carbocycles. The number of pyridine rings is 1. The second-order valence-corrected chi connectivity index (χ2v) is 4.81. The highest BCUT2D eigenvalue weighted by Gasteiger charge is 2.38. The molecule has 1 atom stereocenters. The predicted molar refractivity (Wildman–Crippen MR) is 66.8 cm³/mol. The number of hydrogen-bond acceptors (Lipinski definition) is 3. The average Bonchev–Trinajstić information content (AvgIpc) is 2.96. The Morgan fingerprint density at radius 2 is 2.35 bits per heavy atom. The van der Waals surface area contributed by atoms with Gasteiger partial charge in [0.1, 0.15) is 0 Å². The van der Waals surface area contributed by atoms with E-state index in [9.17, 15) is 0 Å². The molecule has 1 unspecified atom stereocenters. The molecule has 17 heavy (non-hydrogen) atoms. The van der Waals surface area contributed by atoms with Gasteiger partial charge >= 0.3 is 0 Å². The van der Waals surface area contributed by atoms with Gasteiger partial charge in [0, 0.05) is 6.20 Å². The first-order valence-corrected chi connectivity index (χ1v) is 6.41. The number of hydrogen-bond donors (Lipinski definition) is 1. The number of nitrogens with one attached hydrogen (secondary N) is 1. The summed E-state index contributed by atoms with van der Waals surface area (Å²) in [5.41, 5.74) is 0.974. The number of rotatable bonds is 3. The highest BCUT2D eigenvalue weighted by atomic mass is 15.3. The minimum Gasteiger partial charge on any atom is -0.305 e. The van der Waals surface area contributed by atoms with E-state index in [2.05, 4.69) is 33.0 Å². The van der Waals surface area contributed by atoms with Crippen molar-refractivity contribution in [1.82, 2.24) is 19.9 Å². The monoisotopic (exact) mass is 230 g/mol. The van der Waals surface area contributed by atoms with Crippen LogP contribution in [0.1, 0.15) is 38.4 Å². The Morgan fingerprint density at radius 1 is 1.41 bits per heavy atom. The van der Waals surface area contributed by atoms with Crippen molar-refractivity contribution in [3.8, 4) is 0 Å². The van der Waals surface area contributed by atoms with E-state index >= 15 is 0 Å². The van der Waals surface area contributed by atoms with Crippen LogP contribution in [0.2, 0.25) is 0 Å². The van der Waals surface area contributed by atoms with Gasteiger partial charge in [-0.2, -0.15) is 0 Å². The van der Waals surface area contributed by atoms with Crippen LogP contribution in [-0.4, -0.2) is 21.1 Å². The second kappa shape index (κ2) is 4.11. The van der Waals surface area contributed by atoms with Crippen LogP contribution in [0.5, 0.6) is 0 Å². The van der Waals surface area contributed by atoms with Gasteiger partial charge in [-0.15, -0.1) is 10.2 Å². The zero-order valence-corrected chi connectivity index (χ0v) is 10.2. The van der Waals surface area contributed by atoms with Crippen LogP contribution in [0, 0.1) is 0 Å². The van der Waals surface area contributed by atoms with Crippen LogP contribution in [0.25, 0.3) is 5.65 Å². The molecule has 1 aliphatic heterocycles. The lowest BCUT2D eigenvalue weighted by Crippen LogP contribution is -2.38. The Bertz CT molecular complexity index is 511. The molecule has 3 heterocycles. The van der Waals surface area contributed by atoms with E-state index in [1.165, 1.54) is 6.42 Å². The molecule has 0 radical (unpaired) electrons. The standard InChI is InChI=1S/C13H18N4/c1-2-7-13(8-5-9-14-13)12-16-15-11-6-3-4-10-17(11)12/h3-4,6,10,14H,2,5,7-9H2,1H3. The molecular weight excluding hydrogens is 212 g/mol. The summed E-state index contributed by atoms with van der Waals surface area (Å²) in [5.74, 6) is 1.08. The molecule has 1 N–H and O–H groups in total. The quantitative estimate of drug-likeness (QED) is 0.878. The SMILES string of the molecule is CCCC1(c2nnc3ccccn23)CCCN1. The van der Waals surface area contributed by atoms with E-state index in [-0.39, 0.29) is 5.54 Å². The first-order chi connectivity index (χ1) is 8.36. The fourth-order valence-corrected chi connectivity index (χ4v) is 2.92. The molecule has 90 valence electrons. The smallest absolute Gasteiger partial charge is 0.160 e. The number of aromatic nitrogens is 3. The van der Waals surface area contributed by atoms with Crippen LogP contribution >= 0.6 is 0 Å². The molecule has 2 aromatic heterocycles. The Kier molecular flexibility index (Phi) is 2.59. The lowest BCUT2D eigenvalue weighted by molar-refractivity contribution is 0.331. The van der Waals surface area contributed by atoms with Crippen molar-refractivity contribution in [3.63, 3.8) is 0 Å². The number of nitrogens with zero attached hydrogens (tertiary/aromatic N) is 3. The van der Waals surface area contributed by atoms with E-state index in [1.807, 2.05) is 18.2 Å². The first-order valence-electron chi connectivity index (χ1n) is 6.41. The van der Waals surface area contributed by atoms with Crippen LogP contribution < -0.4 is 5.32 Å². The maximum absolute atomic E-state index is 4.42. The normalized spacial score (nSPS) is 24.5. The summed E-state index contributed by atoms with van der Waals surface area (Å²) < 4.78 is 2.12. The molecule has 1 aliphatic rings. The Balaban J connectivity index is 2.12. The molecule has 1 saturated heterocycles. The van der Waals surface area contributed by atoms with Crippen molar-refractivity contribution in [2.45, 2.75) is 38.1 Å². The van der Waals surface area contributed by atoms with Crippen molar-refractivity contribution in [1.29, 1.82) is 0 Å². The van der Waals surface area contributed by atoms with Crippen LogP contribution in [0.15, 0.2) is 24.4 Å². The molecule has 4 heteroatoms. The minimum absolute atomic E-state index is 0.0372. The summed E-state index contributed by atoms with van der Waals surface area (Å²) in [6.45, 7) is 3.31. The van der Waals surface area contributed by atoms with Gasteiger partial charge in [0.2, 0.25) is 0 Å². The fourth-order valence-electron chi connectivity index (χ4n) is 2.92. The average molecular weight is 230 g/mol. The van der Waals surface area contributed by atoms with Crippen molar-refractivity contribution in [2.75, 3.05) is 6.54 Å². The van der Waals surface area contributed by atoms with E-state index < -0.39 is 0 Å². The van der Waals surface area contributed by atoms with Gasteiger partial charge in [0.15, 0.2) is 11.5 Å². The van der Waals surface area contributed by atoms with Gasteiger partial charge in [-0.1, -0.05) is 19.4 Å². The molecule has 4 nitrogen and oxygen atoms in total. The van der Waals surface area contributed by atoms with Crippen molar-refractivity contribution < 1.29 is 0 Å². The second-order valence-electron chi connectivity index (χ2n) is 4.81. The van der Waals surface area contributed by atoms with E-state index in [4.69, 9.17) is 0 Å². The molecule has 1 fully saturated rings. The lowest BCUT2D eigenvalue weighted by atomic mass is 9.91. The number of fused-ring (bicyclic) bond motifs is 1. The Morgan fingerprint density at radius 3 is 3.12 bits per heavy atom. The highest BCUT2D eigenvalue weighted by molar-refractivity contribution is 5.38. The topological polar surface area (TPSA) is 42.2 Å². The summed E-state index contributed by atoms with van der Waals surface area (Å²) >= 11 is 0. The lowest BCUT2D eigenvalue weighted by Gasteiger charge is -2.27. The van der Waals surface area contributed by atoms with Crippen LogP contribution in [0.3, 0.4) is 0 Å². The van der Waals surface area contributed by atoms with Crippen molar-refractivity contribution in [3.05, 3.63) is 30.2 Å². The molecule has 3 rings (SSSR count). The largest absolute Gasteiger partial charge is 0.305 e. The zero-order valence-electron chi connectivity index (χ0n) is 10.2. The van der Waals surface area contributed by atoms with Crippen LogP contribution in [0.4, 0.5) is 0 Å². The van der Waals surface area contributed by atoms with E-state index in [0.717, 1.165) is 37.3 Å². The van der Waals surface area contributed by atoms with E-state index in [1.54, 1.807) is 0 Å². The summed E-state index contributed by atoms with van der Waals surface area (Å²) in [6.07, 6.45) is 6.73. The maximum Gasteiger partial charge on any atom is 0.160 e. The molecule has 2 aromatic rings. The van der Waals surface area contributed by atoms with Gasteiger partial charge in [-0.05, 0) is 37.9 Å². The summed E-state index contributed by atoms with van der Waals surface area (Å²) in [7, 11) is 0. The first kappa shape index (κ1) is 10.7. The van der Waals surface area contributed by atoms with E-state index in [0.29, 0.717) is 0 Å². The Hall–Kier alpha value is -1.42. The predicted octanol–water partition coefficient (Wildman–Crippen LogP) is 2.11. The summed E-state index contributed by atoms with van der Waals surface area (Å²) in [6, 6.07) is 6.04. The third-order valence-electron chi connectivity index (χ3n) is 3.66. The molecule has 0 bridgehead atoms. The van der Waals surface area contributed by atoms with Crippen molar-refractivity contribution >= 4 is 5.65 Å². The Labute approximate surface area is 101 Å². The van der Waals surface area contributed by atoms with Crippen molar-refractivity contribution in [2.24, 2.45) is 0 Å². The van der Waals surface area contributed by atoms with Gasteiger partial charge in [-0.3, -0.25) is 4.40 Å². The molecular formula is C13H18N4. The maximum atomic E-state index is 4.42. The zero-order chi connectivity index (χ0) is 11.7. The van der Waals surface area contributed by atoms with Gasteiger partial charge in [-0.25, -0.2) is 0 Å². The highest BCUT2D eigenvalue weighted by Crippen LogP contribution is 2.34. The van der Waals surface area contributed by atoms with Gasteiger partial charge in [0.05, 0.1) is 5.54 Å². The van der Waals surface area contributed by atoms with Crippen LogP contribution in [-0.2, 0) is 5.54 Å².